The molecule has 0 amide bonds. The average molecular weight is 424 g/mol. The smallest absolute Gasteiger partial charge is 0.339 e. The Morgan fingerprint density at radius 2 is 1.62 bits per heavy atom. The lowest BCUT2D eigenvalue weighted by Crippen LogP contribution is -2.42. The van der Waals surface area contributed by atoms with Crippen molar-refractivity contribution in [3.8, 4) is 0 Å². The molecule has 0 atom stereocenters. The normalized spacial score (nSPS) is 20.7. The molecule has 0 radical (unpaired) electrons. The van der Waals surface area contributed by atoms with Gasteiger partial charge < -0.3 is 9.25 Å². The van der Waals surface area contributed by atoms with Crippen molar-refractivity contribution in [1.82, 2.24) is 0 Å². The fraction of sp³-hybridized carbons (Fsp3) is 0.214. The van der Waals surface area contributed by atoms with Crippen LogP contribution in [0.2, 0.25) is 0 Å². The molecule has 0 aliphatic heterocycles. The molecular formula is C28H25NO3. The number of carbonyl (C=O) groups excluding carboxylic acids is 1. The van der Waals surface area contributed by atoms with E-state index in [9.17, 15) is 4.79 Å². The van der Waals surface area contributed by atoms with E-state index in [1.165, 1.54) is 5.56 Å². The Balaban J connectivity index is 1.39. The van der Waals surface area contributed by atoms with Crippen LogP contribution in [0.4, 0.5) is 0 Å². The van der Waals surface area contributed by atoms with E-state index < -0.39 is 0 Å². The molecule has 0 bridgehead atoms. The first-order chi connectivity index (χ1) is 15.6. The van der Waals surface area contributed by atoms with Crippen LogP contribution in [0.3, 0.4) is 0 Å². The van der Waals surface area contributed by atoms with Crippen molar-refractivity contribution in [3.63, 3.8) is 0 Å². The van der Waals surface area contributed by atoms with Crippen molar-refractivity contribution in [2.75, 3.05) is 0 Å². The Morgan fingerprint density at radius 3 is 2.34 bits per heavy atom. The predicted octanol–water partition coefficient (Wildman–Crippen LogP) is 6.29. The molecule has 4 nitrogen and oxygen atoms in total. The van der Waals surface area contributed by atoms with Crippen LogP contribution in [0.15, 0.2) is 101 Å². The zero-order valence-electron chi connectivity index (χ0n) is 18.0. The van der Waals surface area contributed by atoms with Gasteiger partial charge in [0.05, 0.1) is 6.42 Å². The molecule has 3 aromatic carbocycles. The van der Waals surface area contributed by atoms with E-state index >= 15 is 0 Å². The average Bonchev–Trinajstić information content (AvgIpc) is 3.23. The summed E-state index contributed by atoms with van der Waals surface area (Å²) in [6.45, 7) is 2.27. The van der Waals surface area contributed by atoms with Gasteiger partial charge in [0.25, 0.3) is 0 Å². The maximum atomic E-state index is 12.4. The first-order valence-corrected chi connectivity index (χ1v) is 11.0. The van der Waals surface area contributed by atoms with E-state index in [1.807, 2.05) is 66.7 Å². The molecule has 0 unspecified atom stereocenters. The van der Waals surface area contributed by atoms with Gasteiger partial charge in [-0.1, -0.05) is 90.9 Å². The summed E-state index contributed by atoms with van der Waals surface area (Å²) in [6, 6.07) is 29.9. The van der Waals surface area contributed by atoms with Gasteiger partial charge in [0.1, 0.15) is 11.3 Å². The minimum atomic E-state index is -0.380. The highest BCUT2D eigenvalue weighted by Gasteiger charge is 2.45. The third kappa shape index (κ3) is 4.09. The van der Waals surface area contributed by atoms with Gasteiger partial charge in [0, 0.05) is 11.3 Å². The molecule has 1 aromatic heterocycles. The van der Waals surface area contributed by atoms with Crippen LogP contribution < -0.4 is 0 Å². The Morgan fingerprint density at radius 1 is 0.969 bits per heavy atom. The number of rotatable bonds is 6. The van der Waals surface area contributed by atoms with E-state index in [-0.39, 0.29) is 23.7 Å². The molecular weight excluding hydrogens is 398 g/mol. The van der Waals surface area contributed by atoms with Crippen LogP contribution in [0, 0.1) is 5.92 Å². The summed E-state index contributed by atoms with van der Waals surface area (Å²) in [4.78, 5) is 17.8. The van der Waals surface area contributed by atoms with E-state index in [2.05, 4.69) is 36.3 Å². The number of nitrogens with zero attached hydrogens (tertiary/aromatic N) is 1. The Hall–Kier alpha value is -3.66. The SMILES string of the molecule is CC1(c2ccccc2)CC(C(=NOC(=O)Cc2ccccc2)c2cc3ccccc3o2)C1. The molecule has 1 saturated carbocycles. The summed E-state index contributed by atoms with van der Waals surface area (Å²) in [5.41, 5.74) is 3.80. The maximum Gasteiger partial charge on any atom is 0.339 e. The van der Waals surface area contributed by atoms with Crippen molar-refractivity contribution in [1.29, 1.82) is 0 Å². The Labute approximate surface area is 187 Å². The van der Waals surface area contributed by atoms with Gasteiger partial charge in [-0.05, 0) is 41.5 Å². The molecule has 32 heavy (non-hydrogen) atoms. The van der Waals surface area contributed by atoms with E-state index in [1.54, 1.807) is 0 Å². The zero-order valence-corrected chi connectivity index (χ0v) is 18.0. The number of hydrogen-bond acceptors (Lipinski definition) is 4. The van der Waals surface area contributed by atoms with Crippen LogP contribution in [-0.4, -0.2) is 11.7 Å². The number of carbonyl (C=O) groups is 1. The minimum Gasteiger partial charge on any atom is -0.455 e. The lowest BCUT2D eigenvalue weighted by molar-refractivity contribution is -0.142. The van der Waals surface area contributed by atoms with Crippen LogP contribution in [0.5, 0.6) is 0 Å². The number of fused-ring (bicyclic) bond motifs is 1. The minimum absolute atomic E-state index is 0.0762. The van der Waals surface area contributed by atoms with Gasteiger partial charge in [0.15, 0.2) is 5.76 Å². The van der Waals surface area contributed by atoms with E-state index in [0.29, 0.717) is 11.5 Å². The number of oxime groups is 1. The molecule has 0 N–H and O–H groups in total. The lowest BCUT2D eigenvalue weighted by Gasteiger charge is -2.45. The van der Waals surface area contributed by atoms with Gasteiger partial charge in [-0.15, -0.1) is 0 Å². The van der Waals surface area contributed by atoms with Gasteiger partial charge in [0.2, 0.25) is 0 Å². The van der Waals surface area contributed by atoms with Gasteiger partial charge in [-0.25, -0.2) is 4.79 Å². The molecule has 160 valence electrons. The maximum absolute atomic E-state index is 12.4. The highest BCUT2D eigenvalue weighted by molar-refractivity contribution is 6.03. The number of hydrogen-bond donors (Lipinski definition) is 0. The first-order valence-electron chi connectivity index (χ1n) is 11.0. The fourth-order valence-electron chi connectivity index (χ4n) is 4.62. The number of furan rings is 1. The third-order valence-electron chi connectivity index (χ3n) is 6.37. The van der Waals surface area contributed by atoms with Crippen molar-refractivity contribution in [2.24, 2.45) is 11.1 Å². The lowest BCUT2D eigenvalue weighted by atomic mass is 9.58. The van der Waals surface area contributed by atoms with Gasteiger partial charge in [-0.2, -0.15) is 0 Å². The van der Waals surface area contributed by atoms with Crippen molar-refractivity contribution >= 4 is 22.7 Å². The second kappa shape index (κ2) is 8.46. The van der Waals surface area contributed by atoms with E-state index in [4.69, 9.17) is 9.25 Å². The summed E-state index contributed by atoms with van der Waals surface area (Å²) in [5.74, 6) is 0.444. The van der Waals surface area contributed by atoms with Gasteiger partial charge >= 0.3 is 5.97 Å². The van der Waals surface area contributed by atoms with E-state index in [0.717, 1.165) is 29.4 Å². The second-order valence-corrected chi connectivity index (χ2v) is 8.78. The zero-order chi connectivity index (χ0) is 22.0. The predicted molar refractivity (Wildman–Crippen MR) is 126 cm³/mol. The summed E-state index contributed by atoms with van der Waals surface area (Å²) in [6.07, 6.45) is 2.02. The van der Waals surface area contributed by atoms with Crippen molar-refractivity contribution in [3.05, 3.63) is 108 Å². The van der Waals surface area contributed by atoms with Crippen molar-refractivity contribution in [2.45, 2.75) is 31.6 Å². The molecule has 1 aliphatic carbocycles. The molecule has 4 heteroatoms. The summed E-state index contributed by atoms with van der Waals surface area (Å²) in [7, 11) is 0. The largest absolute Gasteiger partial charge is 0.455 e. The molecule has 5 rings (SSSR count). The molecule has 0 saturated heterocycles. The molecule has 4 aromatic rings. The molecule has 1 fully saturated rings. The van der Waals surface area contributed by atoms with Crippen LogP contribution in [-0.2, 0) is 21.5 Å². The summed E-state index contributed by atoms with van der Waals surface area (Å²) >= 11 is 0. The Bertz CT molecular complexity index is 1220. The molecule has 1 aliphatic rings. The van der Waals surface area contributed by atoms with Crippen molar-refractivity contribution < 1.29 is 14.0 Å². The van der Waals surface area contributed by atoms with Crippen LogP contribution in [0.1, 0.15) is 36.7 Å². The summed E-state index contributed by atoms with van der Waals surface area (Å²) < 4.78 is 6.09. The fourth-order valence-corrected chi connectivity index (χ4v) is 4.62. The van der Waals surface area contributed by atoms with Gasteiger partial charge in [-0.3, -0.25) is 0 Å². The number of benzene rings is 3. The summed E-state index contributed by atoms with van der Waals surface area (Å²) in [5, 5.41) is 5.35. The monoisotopic (exact) mass is 423 g/mol. The quantitative estimate of drug-likeness (QED) is 0.208. The topological polar surface area (TPSA) is 51.8 Å². The second-order valence-electron chi connectivity index (χ2n) is 8.78. The molecule has 0 spiro atoms. The third-order valence-corrected chi connectivity index (χ3v) is 6.37. The first kappa shape index (κ1) is 20.3. The van der Waals surface area contributed by atoms with Crippen LogP contribution in [0.25, 0.3) is 11.0 Å². The highest BCUT2D eigenvalue weighted by Crippen LogP contribution is 2.49. The molecule has 1 heterocycles. The number of para-hydroxylation sites is 1. The highest BCUT2D eigenvalue weighted by atomic mass is 16.7. The van der Waals surface area contributed by atoms with Crippen LogP contribution >= 0.6 is 0 Å². The standard InChI is InChI=1S/C28H25NO3/c1-28(23-13-6-3-7-14-23)18-22(19-28)27(25-17-21-12-8-9-15-24(21)31-25)29-32-26(30)16-20-10-4-2-5-11-20/h2-15,17,22H,16,18-19H2,1H3. The Kier molecular flexibility index (Phi) is 5.36.